The van der Waals surface area contributed by atoms with Crippen molar-refractivity contribution in [1.82, 2.24) is 9.80 Å². The lowest BCUT2D eigenvalue weighted by Gasteiger charge is -2.33. The smallest absolute Gasteiger partial charge is 0.312 e. The van der Waals surface area contributed by atoms with E-state index in [9.17, 15) is 9.59 Å². The van der Waals surface area contributed by atoms with Crippen molar-refractivity contribution < 1.29 is 14.3 Å². The molecule has 0 unspecified atom stereocenters. The van der Waals surface area contributed by atoms with E-state index in [0.29, 0.717) is 37.6 Å². The van der Waals surface area contributed by atoms with Gasteiger partial charge < -0.3 is 20.3 Å². The first-order chi connectivity index (χ1) is 9.56. The summed E-state index contributed by atoms with van der Waals surface area (Å²) < 4.78 is 5.26. The topological polar surface area (TPSA) is 75.9 Å². The Morgan fingerprint density at radius 1 is 1.20 bits per heavy atom. The van der Waals surface area contributed by atoms with Gasteiger partial charge in [0.15, 0.2) is 0 Å². The zero-order valence-electron chi connectivity index (χ0n) is 11.8. The van der Waals surface area contributed by atoms with Crippen molar-refractivity contribution in [3.63, 3.8) is 0 Å². The van der Waals surface area contributed by atoms with Gasteiger partial charge in [0.2, 0.25) is 0 Å². The fourth-order valence-electron chi connectivity index (χ4n) is 2.27. The van der Waals surface area contributed by atoms with Crippen LogP contribution in [0, 0.1) is 0 Å². The maximum atomic E-state index is 12.0. The Bertz CT molecular complexity index is 530. The molecule has 0 aliphatic carbocycles. The van der Waals surface area contributed by atoms with Crippen molar-refractivity contribution in [2.75, 3.05) is 32.5 Å². The van der Waals surface area contributed by atoms with Crippen LogP contribution in [0.3, 0.4) is 0 Å². The lowest BCUT2D eigenvalue weighted by molar-refractivity contribution is -0.156. The molecule has 0 saturated carbocycles. The van der Waals surface area contributed by atoms with E-state index >= 15 is 0 Å². The Kier molecular flexibility index (Phi) is 4.12. The first kappa shape index (κ1) is 14.2. The molecule has 0 spiro atoms. The van der Waals surface area contributed by atoms with Gasteiger partial charge in [-0.15, -0.1) is 0 Å². The van der Waals surface area contributed by atoms with Gasteiger partial charge in [-0.3, -0.25) is 9.59 Å². The average molecular weight is 277 g/mol. The molecule has 1 aromatic carbocycles. The molecule has 6 nitrogen and oxygen atoms in total. The van der Waals surface area contributed by atoms with Crippen molar-refractivity contribution in [1.29, 1.82) is 0 Å². The minimum atomic E-state index is -0.461. The van der Waals surface area contributed by atoms with Crippen LogP contribution in [0.1, 0.15) is 12.5 Å². The number of carbonyl (C=O) groups excluding carboxylic acids is 2. The van der Waals surface area contributed by atoms with Gasteiger partial charge in [-0.1, -0.05) is 6.07 Å². The molecule has 2 amide bonds. The number of piperazine rings is 1. The molecule has 1 heterocycles. The molecular weight excluding hydrogens is 258 g/mol. The largest absolute Gasteiger partial charge is 0.496 e. The first-order valence-electron chi connectivity index (χ1n) is 6.57. The van der Waals surface area contributed by atoms with E-state index in [-0.39, 0.29) is 0 Å². The number of nitrogens with zero attached hydrogens (tertiary/aromatic N) is 2. The normalized spacial score (nSPS) is 15.7. The number of likely N-dealkylation sites (N-methyl/N-ethyl adjacent to an activating group) is 1. The summed E-state index contributed by atoms with van der Waals surface area (Å²) in [6.07, 6.45) is 0. The Hall–Kier alpha value is -2.24. The van der Waals surface area contributed by atoms with Crippen LogP contribution in [0.4, 0.5) is 5.69 Å². The minimum absolute atomic E-state index is 0.353. The van der Waals surface area contributed by atoms with Crippen LogP contribution in [-0.4, -0.2) is 48.4 Å². The second kappa shape index (κ2) is 5.81. The van der Waals surface area contributed by atoms with E-state index in [1.807, 2.05) is 13.0 Å². The summed E-state index contributed by atoms with van der Waals surface area (Å²) in [4.78, 5) is 27.0. The number of ether oxygens (including phenoxy) is 1. The minimum Gasteiger partial charge on any atom is -0.496 e. The highest BCUT2D eigenvalue weighted by Crippen LogP contribution is 2.23. The fourth-order valence-corrected chi connectivity index (χ4v) is 2.27. The van der Waals surface area contributed by atoms with E-state index in [4.69, 9.17) is 10.5 Å². The Morgan fingerprint density at radius 2 is 1.85 bits per heavy atom. The number of hydrogen-bond donors (Lipinski definition) is 1. The third-order valence-corrected chi connectivity index (χ3v) is 3.45. The number of amides is 2. The molecular formula is C14H19N3O3. The Balaban J connectivity index is 2.15. The summed E-state index contributed by atoms with van der Waals surface area (Å²) in [7, 11) is 1.56. The molecule has 2 N–H and O–H groups in total. The number of benzene rings is 1. The number of methoxy groups -OCH3 is 1. The molecule has 2 rings (SSSR count). The molecule has 1 aromatic rings. The van der Waals surface area contributed by atoms with Gasteiger partial charge in [0.05, 0.1) is 7.11 Å². The van der Waals surface area contributed by atoms with E-state index in [1.165, 1.54) is 0 Å². The lowest BCUT2D eigenvalue weighted by Crippen LogP contribution is -2.53. The number of carbonyl (C=O) groups is 2. The van der Waals surface area contributed by atoms with Crippen molar-refractivity contribution in [2.24, 2.45) is 0 Å². The molecule has 6 heteroatoms. The quantitative estimate of drug-likeness (QED) is 0.641. The first-order valence-corrected chi connectivity index (χ1v) is 6.57. The van der Waals surface area contributed by atoms with E-state index in [1.54, 1.807) is 29.0 Å². The molecule has 0 bridgehead atoms. The highest BCUT2D eigenvalue weighted by molar-refractivity contribution is 6.35. The van der Waals surface area contributed by atoms with Crippen LogP contribution in [0.2, 0.25) is 0 Å². The van der Waals surface area contributed by atoms with Gasteiger partial charge in [0.25, 0.3) is 0 Å². The maximum absolute atomic E-state index is 12.0. The molecule has 0 atom stereocenters. The van der Waals surface area contributed by atoms with Crippen LogP contribution in [0.5, 0.6) is 5.75 Å². The molecule has 108 valence electrons. The van der Waals surface area contributed by atoms with Crippen molar-refractivity contribution in [2.45, 2.75) is 13.5 Å². The fraction of sp³-hybridized carbons (Fsp3) is 0.429. The standard InChI is InChI=1S/C14H19N3O3/c1-3-16-6-7-17(14(19)13(16)18)9-10-4-5-11(15)8-12(10)20-2/h4-5,8H,3,6-7,9,15H2,1-2H3. The second-order valence-corrected chi connectivity index (χ2v) is 4.68. The lowest BCUT2D eigenvalue weighted by atomic mass is 10.1. The van der Waals surface area contributed by atoms with Crippen molar-refractivity contribution in [3.05, 3.63) is 23.8 Å². The maximum Gasteiger partial charge on any atom is 0.312 e. The predicted molar refractivity (Wildman–Crippen MR) is 75.1 cm³/mol. The Morgan fingerprint density at radius 3 is 2.50 bits per heavy atom. The van der Waals surface area contributed by atoms with Crippen LogP contribution < -0.4 is 10.5 Å². The predicted octanol–water partition coefficient (Wildman–Crippen LogP) is 0.468. The zero-order chi connectivity index (χ0) is 14.7. The monoisotopic (exact) mass is 277 g/mol. The van der Waals surface area contributed by atoms with Crippen molar-refractivity contribution in [3.8, 4) is 5.75 Å². The van der Waals surface area contributed by atoms with Crippen LogP contribution in [0.15, 0.2) is 18.2 Å². The third-order valence-electron chi connectivity index (χ3n) is 3.45. The van der Waals surface area contributed by atoms with E-state index < -0.39 is 11.8 Å². The summed E-state index contributed by atoms with van der Waals surface area (Å²) in [6, 6.07) is 5.29. The number of nitrogen functional groups attached to an aromatic ring is 1. The van der Waals surface area contributed by atoms with Crippen LogP contribution in [0.25, 0.3) is 0 Å². The van der Waals surface area contributed by atoms with Gasteiger partial charge in [0.1, 0.15) is 5.75 Å². The highest BCUT2D eigenvalue weighted by Gasteiger charge is 2.31. The highest BCUT2D eigenvalue weighted by atomic mass is 16.5. The molecule has 0 aromatic heterocycles. The van der Waals surface area contributed by atoms with Gasteiger partial charge in [-0.2, -0.15) is 0 Å². The summed E-state index contributed by atoms with van der Waals surface area (Å²) in [6.45, 7) is 3.88. The Labute approximate surface area is 118 Å². The summed E-state index contributed by atoms with van der Waals surface area (Å²) >= 11 is 0. The molecule has 20 heavy (non-hydrogen) atoms. The van der Waals surface area contributed by atoms with E-state index in [2.05, 4.69) is 0 Å². The number of hydrogen-bond acceptors (Lipinski definition) is 4. The molecule has 0 radical (unpaired) electrons. The average Bonchev–Trinajstić information content (AvgIpc) is 2.45. The van der Waals surface area contributed by atoms with E-state index in [0.717, 1.165) is 5.56 Å². The molecule has 1 aliphatic heterocycles. The molecule has 1 aliphatic rings. The van der Waals surface area contributed by atoms with Gasteiger partial charge in [-0.05, 0) is 13.0 Å². The SMILES string of the molecule is CCN1CCN(Cc2ccc(N)cc2OC)C(=O)C1=O. The third kappa shape index (κ3) is 2.68. The summed E-state index contributed by atoms with van der Waals surface area (Å²) in [5.41, 5.74) is 7.14. The summed E-state index contributed by atoms with van der Waals surface area (Å²) in [5, 5.41) is 0. The zero-order valence-corrected chi connectivity index (χ0v) is 11.8. The van der Waals surface area contributed by atoms with Crippen LogP contribution in [-0.2, 0) is 16.1 Å². The summed E-state index contributed by atoms with van der Waals surface area (Å²) in [5.74, 6) is -0.270. The van der Waals surface area contributed by atoms with Crippen LogP contribution >= 0.6 is 0 Å². The van der Waals surface area contributed by atoms with Gasteiger partial charge >= 0.3 is 11.8 Å². The number of anilines is 1. The van der Waals surface area contributed by atoms with Gasteiger partial charge in [0, 0.05) is 43.5 Å². The molecule has 1 saturated heterocycles. The number of nitrogens with two attached hydrogens (primary N) is 1. The molecule has 1 fully saturated rings. The number of rotatable bonds is 4. The second-order valence-electron chi connectivity index (χ2n) is 4.68. The van der Waals surface area contributed by atoms with Gasteiger partial charge in [-0.25, -0.2) is 0 Å². The van der Waals surface area contributed by atoms with Crippen molar-refractivity contribution >= 4 is 17.5 Å².